The maximum Gasteiger partial charge on any atom is 0.251 e. The van der Waals surface area contributed by atoms with Gasteiger partial charge in [-0.25, -0.2) is 5.43 Å². The summed E-state index contributed by atoms with van der Waals surface area (Å²) in [6.07, 6.45) is 1.60. The summed E-state index contributed by atoms with van der Waals surface area (Å²) >= 11 is 6.47. The number of nitrogens with one attached hydrogen (secondary N) is 3. The Morgan fingerprint density at radius 3 is 2.96 bits per heavy atom. The van der Waals surface area contributed by atoms with E-state index in [4.69, 9.17) is 17.0 Å². The van der Waals surface area contributed by atoms with Crippen molar-refractivity contribution >= 4 is 40.7 Å². The first-order valence-corrected chi connectivity index (χ1v) is 8.89. The maximum atomic E-state index is 11.9. The lowest BCUT2D eigenvalue weighted by molar-refractivity contribution is -0.120. The van der Waals surface area contributed by atoms with Crippen LogP contribution < -0.4 is 15.9 Å². The molecule has 132 valence electrons. The Hall–Kier alpha value is -2.30. The Labute approximate surface area is 152 Å². The van der Waals surface area contributed by atoms with E-state index in [-0.39, 0.29) is 22.7 Å². The third-order valence-corrected chi connectivity index (χ3v) is 4.77. The summed E-state index contributed by atoms with van der Waals surface area (Å²) in [5, 5.41) is 5.12. The van der Waals surface area contributed by atoms with Crippen molar-refractivity contribution in [2.24, 2.45) is 5.10 Å². The molecule has 0 saturated carbocycles. The SMILES string of the molecule is O=C(Cc1cc(=O)[nH]c(=S)[nH]1)N/N=C\c1ccc(N2CCOCC2)s1. The van der Waals surface area contributed by atoms with Crippen molar-refractivity contribution in [1.82, 2.24) is 15.4 Å². The number of hydrazone groups is 1. The van der Waals surface area contributed by atoms with Crippen LogP contribution in [0.3, 0.4) is 0 Å². The van der Waals surface area contributed by atoms with Crippen molar-refractivity contribution in [3.8, 4) is 0 Å². The molecule has 3 heterocycles. The van der Waals surface area contributed by atoms with Gasteiger partial charge in [-0.2, -0.15) is 5.10 Å². The molecule has 1 aliphatic heterocycles. The molecule has 2 aromatic heterocycles. The summed E-state index contributed by atoms with van der Waals surface area (Å²) in [6, 6.07) is 5.29. The number of amides is 1. The van der Waals surface area contributed by atoms with Gasteiger partial charge < -0.3 is 14.6 Å². The van der Waals surface area contributed by atoms with E-state index in [2.05, 4.69) is 25.4 Å². The Morgan fingerprint density at radius 1 is 1.40 bits per heavy atom. The molecule has 8 nitrogen and oxygen atoms in total. The molecule has 0 aromatic carbocycles. The van der Waals surface area contributed by atoms with E-state index >= 15 is 0 Å². The number of H-pyrrole nitrogens is 2. The van der Waals surface area contributed by atoms with E-state index < -0.39 is 0 Å². The lowest BCUT2D eigenvalue weighted by atomic mass is 10.3. The zero-order chi connectivity index (χ0) is 17.6. The predicted molar refractivity (Wildman–Crippen MR) is 99.0 cm³/mol. The second-order valence-electron chi connectivity index (χ2n) is 5.36. The molecule has 1 saturated heterocycles. The van der Waals surface area contributed by atoms with Gasteiger partial charge in [0.1, 0.15) is 0 Å². The number of hydrogen-bond acceptors (Lipinski definition) is 7. The molecule has 0 atom stereocenters. The van der Waals surface area contributed by atoms with E-state index in [9.17, 15) is 9.59 Å². The number of aromatic nitrogens is 2. The number of carbonyl (C=O) groups is 1. The predicted octanol–water partition coefficient (Wildman–Crippen LogP) is 1.02. The molecule has 2 aromatic rings. The molecule has 3 rings (SSSR count). The molecular weight excluding hydrogens is 362 g/mol. The zero-order valence-electron chi connectivity index (χ0n) is 13.3. The van der Waals surface area contributed by atoms with Crippen molar-refractivity contribution in [2.45, 2.75) is 6.42 Å². The van der Waals surface area contributed by atoms with E-state index in [1.54, 1.807) is 17.6 Å². The third-order valence-electron chi connectivity index (χ3n) is 3.48. The molecule has 0 bridgehead atoms. The molecule has 10 heteroatoms. The van der Waals surface area contributed by atoms with Crippen LogP contribution in [0.4, 0.5) is 5.00 Å². The number of rotatable bonds is 5. The highest BCUT2D eigenvalue weighted by molar-refractivity contribution is 7.71. The van der Waals surface area contributed by atoms with Crippen molar-refractivity contribution in [2.75, 3.05) is 31.2 Å². The fraction of sp³-hybridized carbons (Fsp3) is 0.333. The quantitative estimate of drug-likeness (QED) is 0.409. The summed E-state index contributed by atoms with van der Waals surface area (Å²) in [6.45, 7) is 3.24. The van der Waals surface area contributed by atoms with Crippen LogP contribution in [0.2, 0.25) is 0 Å². The van der Waals surface area contributed by atoms with Crippen molar-refractivity contribution in [3.63, 3.8) is 0 Å². The number of carbonyl (C=O) groups excluding carboxylic acids is 1. The average Bonchev–Trinajstić information content (AvgIpc) is 3.03. The molecule has 3 N–H and O–H groups in total. The number of aromatic amines is 2. The van der Waals surface area contributed by atoms with E-state index in [0.717, 1.165) is 36.2 Å². The van der Waals surface area contributed by atoms with Crippen LogP contribution in [-0.4, -0.2) is 48.4 Å². The minimum Gasteiger partial charge on any atom is -0.378 e. The first-order valence-electron chi connectivity index (χ1n) is 7.67. The first kappa shape index (κ1) is 17.5. The highest BCUT2D eigenvalue weighted by Gasteiger charge is 2.12. The highest BCUT2D eigenvalue weighted by atomic mass is 32.1. The number of thiophene rings is 1. The second-order valence-corrected chi connectivity index (χ2v) is 6.86. The van der Waals surface area contributed by atoms with Crippen molar-refractivity contribution in [3.05, 3.63) is 43.9 Å². The van der Waals surface area contributed by atoms with E-state index in [1.807, 2.05) is 12.1 Å². The van der Waals surface area contributed by atoms with Crippen molar-refractivity contribution < 1.29 is 9.53 Å². The topological polar surface area (TPSA) is 103 Å². The van der Waals surface area contributed by atoms with Crippen LogP contribution >= 0.6 is 23.6 Å². The minimum absolute atomic E-state index is 0.00559. The Balaban J connectivity index is 1.54. The van der Waals surface area contributed by atoms with Gasteiger partial charge in [-0.15, -0.1) is 11.3 Å². The number of ether oxygens (including phenoxy) is 1. The summed E-state index contributed by atoms with van der Waals surface area (Å²) in [7, 11) is 0. The van der Waals surface area contributed by atoms with Crippen LogP contribution in [0, 0.1) is 4.77 Å². The Morgan fingerprint density at radius 2 is 2.20 bits per heavy atom. The third kappa shape index (κ3) is 5.08. The fourth-order valence-electron chi connectivity index (χ4n) is 2.36. The van der Waals surface area contributed by atoms with Crippen LogP contribution in [0.5, 0.6) is 0 Å². The second kappa shape index (κ2) is 8.19. The molecular formula is C15H17N5O3S2. The monoisotopic (exact) mass is 379 g/mol. The van der Waals surface area contributed by atoms with Gasteiger partial charge in [0.2, 0.25) is 5.91 Å². The number of morpholine rings is 1. The van der Waals surface area contributed by atoms with Gasteiger partial charge in [-0.05, 0) is 24.4 Å². The molecule has 25 heavy (non-hydrogen) atoms. The van der Waals surface area contributed by atoms with Gasteiger partial charge in [-0.1, -0.05) is 0 Å². The Bertz CT molecular complexity index is 851. The number of hydrogen-bond donors (Lipinski definition) is 3. The summed E-state index contributed by atoms with van der Waals surface area (Å²) in [4.78, 5) is 31.6. The van der Waals surface area contributed by atoms with Gasteiger partial charge in [0.25, 0.3) is 5.56 Å². The van der Waals surface area contributed by atoms with E-state index in [1.165, 1.54) is 6.07 Å². The number of anilines is 1. The normalized spacial score (nSPS) is 14.8. The molecule has 0 aliphatic carbocycles. The molecule has 0 spiro atoms. The van der Waals surface area contributed by atoms with Gasteiger partial charge >= 0.3 is 0 Å². The maximum absolute atomic E-state index is 11.9. The average molecular weight is 379 g/mol. The van der Waals surface area contributed by atoms with Gasteiger partial charge in [0, 0.05) is 29.7 Å². The molecule has 1 fully saturated rings. The Kier molecular flexibility index (Phi) is 5.74. The molecule has 0 radical (unpaired) electrons. The van der Waals surface area contributed by atoms with Crippen LogP contribution in [0.1, 0.15) is 10.6 Å². The van der Waals surface area contributed by atoms with E-state index in [0.29, 0.717) is 5.69 Å². The molecule has 1 aliphatic rings. The first-order chi connectivity index (χ1) is 12.1. The summed E-state index contributed by atoms with van der Waals surface area (Å²) in [5.41, 5.74) is 2.54. The lowest BCUT2D eigenvalue weighted by Crippen LogP contribution is -2.35. The molecule has 0 unspecified atom stereocenters. The van der Waals surface area contributed by atoms with Gasteiger partial charge in [-0.3, -0.25) is 14.6 Å². The summed E-state index contributed by atoms with van der Waals surface area (Å²) < 4.78 is 5.53. The minimum atomic E-state index is -0.343. The summed E-state index contributed by atoms with van der Waals surface area (Å²) in [5.74, 6) is -0.336. The number of nitrogens with zero attached hydrogens (tertiary/aromatic N) is 2. The van der Waals surface area contributed by atoms with Gasteiger partial charge in [0.05, 0.1) is 30.9 Å². The van der Waals surface area contributed by atoms with Crippen LogP contribution in [0.25, 0.3) is 0 Å². The standard InChI is InChI=1S/C15H17N5O3S2/c21-12-7-10(17-15(24)18-12)8-13(22)19-16-9-11-1-2-14(25-11)20-3-5-23-6-4-20/h1-2,7,9H,3-6,8H2,(H,19,22)(H2,17,18,21,24)/b16-9-. The fourth-order valence-corrected chi connectivity index (χ4v) is 3.52. The van der Waals surface area contributed by atoms with Crippen LogP contribution in [0.15, 0.2) is 28.1 Å². The zero-order valence-corrected chi connectivity index (χ0v) is 14.9. The largest absolute Gasteiger partial charge is 0.378 e. The smallest absolute Gasteiger partial charge is 0.251 e. The lowest BCUT2D eigenvalue weighted by Gasteiger charge is -2.27. The molecule has 1 amide bonds. The van der Waals surface area contributed by atoms with Crippen molar-refractivity contribution in [1.29, 1.82) is 0 Å². The van der Waals surface area contributed by atoms with Crippen LogP contribution in [-0.2, 0) is 16.0 Å². The van der Waals surface area contributed by atoms with Gasteiger partial charge in [0.15, 0.2) is 4.77 Å². The highest BCUT2D eigenvalue weighted by Crippen LogP contribution is 2.25.